The van der Waals surface area contributed by atoms with E-state index in [0.717, 1.165) is 0 Å². The Labute approximate surface area is 101 Å². The van der Waals surface area contributed by atoms with Crippen molar-refractivity contribution in [3.63, 3.8) is 0 Å². The Hall–Kier alpha value is -1.02. The van der Waals surface area contributed by atoms with Crippen molar-refractivity contribution in [2.45, 2.75) is 0 Å². The summed E-state index contributed by atoms with van der Waals surface area (Å²) in [6.45, 7) is 0. The lowest BCUT2D eigenvalue weighted by Gasteiger charge is -2.04. The molecule has 104 valence electrons. The summed E-state index contributed by atoms with van der Waals surface area (Å²) in [7, 11) is -9.00. The largest absolute Gasteiger partial charge is 0.450 e. The molecule has 0 aromatic heterocycles. The predicted octanol–water partition coefficient (Wildman–Crippen LogP) is -1.10. The monoisotopic (exact) mass is 304 g/mol. The Bertz CT molecular complexity index is 388. The van der Waals surface area contributed by atoms with Crippen LogP contribution in [0.3, 0.4) is 0 Å². The molecular weight excluding hydrogens is 294 g/mol. The lowest BCUT2D eigenvalue weighted by molar-refractivity contribution is -0.138. The van der Waals surface area contributed by atoms with Crippen molar-refractivity contribution in [2.24, 2.45) is 0 Å². The highest BCUT2D eigenvalue weighted by molar-refractivity contribution is 7.51. The van der Waals surface area contributed by atoms with E-state index in [2.05, 4.69) is 9.47 Å². The molecule has 4 N–H and O–H groups in total. The molecule has 0 heterocycles. The second-order valence-electron chi connectivity index (χ2n) is 2.85. The third-order valence-electron chi connectivity index (χ3n) is 1.11. The highest BCUT2D eigenvalue weighted by Crippen LogP contribution is 2.34. The van der Waals surface area contributed by atoms with Gasteiger partial charge in [0.2, 0.25) is 0 Å². The summed E-state index contributed by atoms with van der Waals surface area (Å²) in [6, 6.07) is 0. The minimum absolute atomic E-state index is 0.498. The van der Waals surface area contributed by atoms with Gasteiger partial charge in [0.05, 0.1) is 0 Å². The van der Waals surface area contributed by atoms with Crippen LogP contribution in [0.15, 0.2) is 12.2 Å². The summed E-state index contributed by atoms with van der Waals surface area (Å²) < 4.78 is 28.7. The zero-order valence-electron chi connectivity index (χ0n) is 8.70. The second kappa shape index (κ2) is 6.79. The highest BCUT2D eigenvalue weighted by Gasteiger charge is 2.16. The zero-order chi connectivity index (χ0) is 14.4. The molecule has 12 heteroatoms. The standard InChI is InChI=1S/C6H10O10P2/c7-5(15-3-17(9,10)11)1-2-6(8)16-4-18(12,13)14/h1-2H,3-4H2,(H2,9,10,11)(H2,12,13,14)/b2-1-. The average molecular weight is 304 g/mol. The summed E-state index contributed by atoms with van der Waals surface area (Å²) in [5.41, 5.74) is 0. The molecule has 0 aliphatic carbocycles. The summed E-state index contributed by atoms with van der Waals surface area (Å²) in [4.78, 5) is 55.0. The lowest BCUT2D eigenvalue weighted by Crippen LogP contribution is -2.06. The number of ether oxygens (including phenoxy) is 2. The van der Waals surface area contributed by atoms with Crippen LogP contribution in [0.1, 0.15) is 0 Å². The number of esters is 2. The number of hydrogen-bond donors (Lipinski definition) is 4. The van der Waals surface area contributed by atoms with E-state index < -0.39 is 39.8 Å². The molecule has 0 saturated carbocycles. The molecular formula is C6H10O10P2. The van der Waals surface area contributed by atoms with E-state index in [1.807, 2.05) is 0 Å². The van der Waals surface area contributed by atoms with Crippen molar-refractivity contribution in [3.05, 3.63) is 12.2 Å². The van der Waals surface area contributed by atoms with Gasteiger partial charge in [-0.25, -0.2) is 9.59 Å². The molecule has 0 unspecified atom stereocenters. The number of hydrogen-bond acceptors (Lipinski definition) is 6. The van der Waals surface area contributed by atoms with Gasteiger partial charge in [0.1, 0.15) is 0 Å². The Morgan fingerprint density at radius 3 is 1.33 bits per heavy atom. The van der Waals surface area contributed by atoms with Crippen LogP contribution in [0.2, 0.25) is 0 Å². The topological polar surface area (TPSA) is 168 Å². The van der Waals surface area contributed by atoms with Gasteiger partial charge in [-0.1, -0.05) is 0 Å². The van der Waals surface area contributed by atoms with Crippen molar-refractivity contribution in [2.75, 3.05) is 12.7 Å². The highest BCUT2D eigenvalue weighted by atomic mass is 31.2. The van der Waals surface area contributed by atoms with E-state index in [0.29, 0.717) is 12.2 Å². The van der Waals surface area contributed by atoms with Crippen LogP contribution in [0.5, 0.6) is 0 Å². The Balaban J connectivity index is 4.08. The van der Waals surface area contributed by atoms with Crippen molar-refractivity contribution < 1.29 is 47.8 Å². The van der Waals surface area contributed by atoms with E-state index in [-0.39, 0.29) is 0 Å². The first kappa shape index (κ1) is 17.0. The summed E-state index contributed by atoms with van der Waals surface area (Å²) in [5, 5.41) is 0. The SMILES string of the molecule is O=C(/C=C\C(=O)OCP(=O)(O)O)OCP(=O)(O)O. The van der Waals surface area contributed by atoms with Gasteiger partial charge in [-0.05, 0) is 0 Å². The molecule has 0 atom stereocenters. The van der Waals surface area contributed by atoms with Crippen LogP contribution in [-0.4, -0.2) is 44.2 Å². The predicted molar refractivity (Wildman–Crippen MR) is 55.1 cm³/mol. The maximum atomic E-state index is 10.8. The zero-order valence-corrected chi connectivity index (χ0v) is 10.5. The van der Waals surface area contributed by atoms with Crippen molar-refractivity contribution in [1.82, 2.24) is 0 Å². The minimum atomic E-state index is -4.50. The average Bonchev–Trinajstić information content (AvgIpc) is 2.18. The second-order valence-corrected chi connectivity index (χ2v) is 6.02. The van der Waals surface area contributed by atoms with E-state index in [1.165, 1.54) is 0 Å². The Morgan fingerprint density at radius 2 is 1.11 bits per heavy atom. The van der Waals surface area contributed by atoms with E-state index >= 15 is 0 Å². The van der Waals surface area contributed by atoms with Crippen molar-refractivity contribution in [1.29, 1.82) is 0 Å². The first-order valence-electron chi connectivity index (χ1n) is 4.10. The molecule has 10 nitrogen and oxygen atoms in total. The molecule has 0 aliphatic heterocycles. The van der Waals surface area contributed by atoms with Crippen LogP contribution < -0.4 is 0 Å². The molecule has 0 aromatic rings. The molecule has 0 spiro atoms. The van der Waals surface area contributed by atoms with Gasteiger partial charge in [-0.2, -0.15) is 0 Å². The molecule has 0 radical (unpaired) electrons. The molecule has 0 aromatic carbocycles. The number of rotatable bonds is 6. The van der Waals surface area contributed by atoms with Crippen LogP contribution in [0, 0.1) is 0 Å². The normalized spacial score (nSPS) is 12.4. The summed E-state index contributed by atoms with van der Waals surface area (Å²) >= 11 is 0. The fourth-order valence-electron chi connectivity index (χ4n) is 0.528. The summed E-state index contributed by atoms with van der Waals surface area (Å²) in [5.74, 6) is -2.43. The van der Waals surface area contributed by atoms with Gasteiger partial charge < -0.3 is 29.0 Å². The van der Waals surface area contributed by atoms with Gasteiger partial charge >= 0.3 is 27.1 Å². The molecule has 0 fully saturated rings. The van der Waals surface area contributed by atoms with Crippen LogP contribution in [-0.2, 0) is 28.2 Å². The van der Waals surface area contributed by atoms with Crippen LogP contribution in [0.25, 0.3) is 0 Å². The van der Waals surface area contributed by atoms with Gasteiger partial charge in [0, 0.05) is 12.2 Å². The quantitative estimate of drug-likeness (QED) is 0.268. The third-order valence-corrected chi connectivity index (χ3v) is 2.04. The minimum Gasteiger partial charge on any atom is -0.450 e. The summed E-state index contributed by atoms with van der Waals surface area (Å²) in [6.07, 6.45) is -1.29. The van der Waals surface area contributed by atoms with Crippen LogP contribution in [0.4, 0.5) is 0 Å². The molecule has 0 amide bonds. The van der Waals surface area contributed by atoms with Gasteiger partial charge in [-0.15, -0.1) is 0 Å². The Kier molecular flexibility index (Phi) is 6.41. The molecule has 18 heavy (non-hydrogen) atoms. The van der Waals surface area contributed by atoms with Gasteiger partial charge in [0.15, 0.2) is 12.7 Å². The smallest absolute Gasteiger partial charge is 0.362 e. The van der Waals surface area contributed by atoms with Crippen LogP contribution >= 0.6 is 15.2 Å². The first-order valence-corrected chi connectivity index (χ1v) is 7.70. The number of carbonyl (C=O) groups excluding carboxylic acids is 2. The fourth-order valence-corrected chi connectivity index (χ4v) is 1.12. The van der Waals surface area contributed by atoms with Gasteiger partial charge in [0.25, 0.3) is 0 Å². The number of carbonyl (C=O) groups is 2. The van der Waals surface area contributed by atoms with Gasteiger partial charge in [-0.3, -0.25) is 9.13 Å². The van der Waals surface area contributed by atoms with Crippen molar-refractivity contribution >= 4 is 27.1 Å². The molecule has 0 aliphatic rings. The van der Waals surface area contributed by atoms with E-state index in [9.17, 15) is 18.7 Å². The third kappa shape index (κ3) is 11.5. The molecule has 0 rings (SSSR count). The first-order chi connectivity index (χ1) is 7.99. The van der Waals surface area contributed by atoms with E-state index in [1.54, 1.807) is 0 Å². The fraction of sp³-hybridized carbons (Fsp3) is 0.333. The maximum Gasteiger partial charge on any atom is 0.362 e. The molecule has 0 bridgehead atoms. The Morgan fingerprint density at radius 1 is 0.833 bits per heavy atom. The maximum absolute atomic E-state index is 10.8. The van der Waals surface area contributed by atoms with Crippen molar-refractivity contribution in [3.8, 4) is 0 Å². The van der Waals surface area contributed by atoms with E-state index in [4.69, 9.17) is 19.6 Å². The molecule has 0 saturated heterocycles. The lowest BCUT2D eigenvalue weighted by atomic mass is 10.5.